The molecule has 2 heterocycles. The number of hydrogen-bond donors (Lipinski definition) is 1. The zero-order valence-corrected chi connectivity index (χ0v) is 24.5. The zero-order valence-electron chi connectivity index (χ0n) is 24.5. The highest BCUT2D eigenvalue weighted by Crippen LogP contribution is 2.46. The lowest BCUT2D eigenvalue weighted by Gasteiger charge is -2.27. The second kappa shape index (κ2) is 11.9. The number of likely N-dealkylation sites (tertiary alicyclic amines) is 1. The minimum atomic E-state index is -0.950. The van der Waals surface area contributed by atoms with Crippen molar-refractivity contribution in [2.45, 2.75) is 45.7 Å². The number of ketones is 1. The van der Waals surface area contributed by atoms with E-state index in [4.69, 9.17) is 18.9 Å². The van der Waals surface area contributed by atoms with E-state index in [0.29, 0.717) is 40.7 Å². The number of benzene rings is 2. The van der Waals surface area contributed by atoms with Gasteiger partial charge in [0.1, 0.15) is 11.5 Å². The van der Waals surface area contributed by atoms with Gasteiger partial charge in [0.25, 0.3) is 11.7 Å². The average molecular weight is 561 g/mol. The van der Waals surface area contributed by atoms with Gasteiger partial charge in [0.15, 0.2) is 11.5 Å². The molecule has 2 aromatic carbocycles. The predicted molar refractivity (Wildman–Crippen MR) is 154 cm³/mol. The fourth-order valence-electron chi connectivity index (χ4n) is 5.04. The molecule has 41 heavy (non-hydrogen) atoms. The van der Waals surface area contributed by atoms with Gasteiger partial charge in [-0.1, -0.05) is 26.8 Å². The Morgan fingerprint density at radius 2 is 1.66 bits per heavy atom. The summed E-state index contributed by atoms with van der Waals surface area (Å²) in [6, 6.07) is 11.3. The first kappa shape index (κ1) is 29.5. The van der Waals surface area contributed by atoms with Gasteiger partial charge in [-0.15, -0.1) is 0 Å². The summed E-state index contributed by atoms with van der Waals surface area (Å²) in [5.74, 6) is -0.0642. The van der Waals surface area contributed by atoms with E-state index in [9.17, 15) is 14.7 Å². The second-order valence-electron chi connectivity index (χ2n) is 10.6. The molecule has 1 aliphatic rings. The number of aromatic nitrogens is 1. The maximum Gasteiger partial charge on any atom is 0.295 e. The van der Waals surface area contributed by atoms with Crippen molar-refractivity contribution >= 4 is 17.4 Å². The van der Waals surface area contributed by atoms with Crippen LogP contribution < -0.4 is 18.9 Å². The third kappa shape index (κ3) is 5.70. The van der Waals surface area contributed by atoms with E-state index in [1.165, 1.54) is 26.2 Å². The molecule has 0 saturated carbocycles. The van der Waals surface area contributed by atoms with Crippen molar-refractivity contribution in [1.82, 2.24) is 9.88 Å². The number of carbonyl (C=O) groups is 2. The average Bonchev–Trinajstić information content (AvgIpc) is 3.21. The van der Waals surface area contributed by atoms with Gasteiger partial charge < -0.3 is 29.0 Å². The third-order valence-corrected chi connectivity index (χ3v) is 6.98. The Bertz CT molecular complexity index is 1450. The first-order chi connectivity index (χ1) is 19.5. The molecule has 4 rings (SSSR count). The third-order valence-electron chi connectivity index (χ3n) is 6.98. The molecule has 1 amide bonds. The molecule has 1 aromatic heterocycles. The number of rotatable bonds is 9. The Kier molecular flexibility index (Phi) is 8.56. The molecule has 0 radical (unpaired) electrons. The molecule has 1 atom stereocenters. The van der Waals surface area contributed by atoms with Crippen LogP contribution in [0.1, 0.15) is 56.0 Å². The monoisotopic (exact) mass is 560 g/mol. The van der Waals surface area contributed by atoms with Gasteiger partial charge in [-0.05, 0) is 59.9 Å². The molecular weight excluding hydrogens is 524 g/mol. The number of Topliss-reactive ketones (excluding diaryl/α,β-unsaturated/α-hetero) is 1. The van der Waals surface area contributed by atoms with E-state index >= 15 is 0 Å². The van der Waals surface area contributed by atoms with E-state index in [-0.39, 0.29) is 23.3 Å². The van der Waals surface area contributed by atoms with E-state index < -0.39 is 17.7 Å². The van der Waals surface area contributed by atoms with Crippen LogP contribution in [0.5, 0.6) is 23.0 Å². The lowest BCUT2D eigenvalue weighted by atomic mass is 9.84. The minimum absolute atomic E-state index is 0.0443. The molecule has 0 aliphatic carbocycles. The van der Waals surface area contributed by atoms with Crippen LogP contribution in [-0.4, -0.2) is 54.6 Å². The number of pyridine rings is 1. The molecule has 1 aliphatic heterocycles. The summed E-state index contributed by atoms with van der Waals surface area (Å²) in [5, 5.41) is 11.7. The van der Waals surface area contributed by atoms with E-state index in [1.54, 1.807) is 48.8 Å². The molecule has 216 valence electrons. The second-order valence-corrected chi connectivity index (χ2v) is 10.6. The molecular formula is C32H36N2O7. The summed E-state index contributed by atoms with van der Waals surface area (Å²) in [7, 11) is 4.47. The summed E-state index contributed by atoms with van der Waals surface area (Å²) in [6.45, 7) is 8.59. The highest BCUT2D eigenvalue weighted by Gasteiger charge is 2.46. The first-order valence-electron chi connectivity index (χ1n) is 13.3. The van der Waals surface area contributed by atoms with Crippen molar-refractivity contribution in [3.05, 3.63) is 82.7 Å². The van der Waals surface area contributed by atoms with Crippen LogP contribution in [-0.2, 0) is 21.5 Å². The Labute approximate surface area is 240 Å². The van der Waals surface area contributed by atoms with Gasteiger partial charge in [0, 0.05) is 30.1 Å². The van der Waals surface area contributed by atoms with Crippen molar-refractivity contribution in [3.8, 4) is 23.0 Å². The van der Waals surface area contributed by atoms with Gasteiger partial charge in [-0.3, -0.25) is 14.6 Å². The van der Waals surface area contributed by atoms with Gasteiger partial charge in [-0.2, -0.15) is 0 Å². The normalized spacial score (nSPS) is 16.6. The topological polar surface area (TPSA) is 107 Å². The van der Waals surface area contributed by atoms with E-state index in [2.05, 4.69) is 4.98 Å². The predicted octanol–water partition coefficient (Wildman–Crippen LogP) is 5.43. The molecule has 3 aromatic rings. The van der Waals surface area contributed by atoms with Crippen molar-refractivity contribution in [2.24, 2.45) is 0 Å². The van der Waals surface area contributed by atoms with Gasteiger partial charge >= 0.3 is 0 Å². The van der Waals surface area contributed by atoms with Gasteiger partial charge in [-0.25, -0.2) is 0 Å². The number of amides is 1. The lowest BCUT2D eigenvalue weighted by Crippen LogP contribution is -2.29. The Morgan fingerprint density at radius 3 is 2.20 bits per heavy atom. The Morgan fingerprint density at radius 1 is 0.976 bits per heavy atom. The number of hydrogen-bond acceptors (Lipinski definition) is 8. The van der Waals surface area contributed by atoms with Crippen molar-refractivity contribution in [2.75, 3.05) is 27.9 Å². The summed E-state index contributed by atoms with van der Waals surface area (Å²) in [6.07, 6.45) is 3.26. The smallest absolute Gasteiger partial charge is 0.295 e. The Balaban J connectivity index is 1.97. The van der Waals surface area contributed by atoms with Crippen molar-refractivity contribution < 1.29 is 33.6 Å². The molecule has 0 bridgehead atoms. The van der Waals surface area contributed by atoms with E-state index in [0.717, 1.165) is 11.1 Å². The summed E-state index contributed by atoms with van der Waals surface area (Å²) in [5.41, 5.74) is 2.13. The molecule has 9 nitrogen and oxygen atoms in total. The standard InChI is InChI=1S/C32H36N2O7/c1-8-41-23-12-11-20(14-22(23)32(2,3)4)28(35)26-27(21-15-24(38-5)30(40-7)25(16-21)39-6)34(31(37)29(26)36)18-19-10-9-13-33-17-19/h9-17,27,35H,8,18H2,1-7H3/b28-26+. The number of aliphatic hydroxyl groups excluding tert-OH is 1. The quantitative estimate of drug-likeness (QED) is 0.210. The largest absolute Gasteiger partial charge is 0.507 e. The van der Waals surface area contributed by atoms with Crippen LogP contribution in [0, 0.1) is 0 Å². The van der Waals surface area contributed by atoms with Crippen LogP contribution >= 0.6 is 0 Å². The van der Waals surface area contributed by atoms with Crippen molar-refractivity contribution in [3.63, 3.8) is 0 Å². The molecule has 1 unspecified atom stereocenters. The number of carbonyl (C=O) groups excluding carboxylic acids is 2. The number of nitrogens with zero attached hydrogens (tertiary/aromatic N) is 2. The molecule has 1 saturated heterocycles. The maximum absolute atomic E-state index is 13.7. The first-order valence-corrected chi connectivity index (χ1v) is 13.3. The highest BCUT2D eigenvalue weighted by molar-refractivity contribution is 6.46. The van der Waals surface area contributed by atoms with Gasteiger partial charge in [0.05, 0.1) is 39.6 Å². The van der Waals surface area contributed by atoms with Gasteiger partial charge in [0.2, 0.25) is 5.75 Å². The van der Waals surface area contributed by atoms with Crippen molar-refractivity contribution in [1.29, 1.82) is 0 Å². The molecule has 9 heteroatoms. The zero-order chi connectivity index (χ0) is 29.9. The summed E-state index contributed by atoms with van der Waals surface area (Å²) >= 11 is 0. The van der Waals surface area contributed by atoms with Crippen LogP contribution in [0.2, 0.25) is 0 Å². The fraction of sp³-hybridized carbons (Fsp3) is 0.344. The maximum atomic E-state index is 13.7. The summed E-state index contributed by atoms with van der Waals surface area (Å²) < 4.78 is 22.4. The van der Waals surface area contributed by atoms with Crippen LogP contribution in [0.25, 0.3) is 5.76 Å². The molecule has 1 N–H and O–H groups in total. The van der Waals surface area contributed by atoms with Crippen LogP contribution in [0.15, 0.2) is 60.4 Å². The molecule has 0 spiro atoms. The van der Waals surface area contributed by atoms with Crippen LogP contribution in [0.3, 0.4) is 0 Å². The number of ether oxygens (including phenoxy) is 4. The van der Waals surface area contributed by atoms with Crippen LogP contribution in [0.4, 0.5) is 0 Å². The minimum Gasteiger partial charge on any atom is -0.507 e. The highest BCUT2D eigenvalue weighted by atomic mass is 16.5. The lowest BCUT2D eigenvalue weighted by molar-refractivity contribution is -0.140. The fourth-order valence-corrected chi connectivity index (χ4v) is 5.04. The summed E-state index contributed by atoms with van der Waals surface area (Å²) in [4.78, 5) is 32.8. The van der Waals surface area contributed by atoms with E-state index in [1.807, 2.05) is 33.8 Å². The molecule has 1 fully saturated rings. The SMILES string of the molecule is CCOc1ccc(/C(O)=C2\C(=O)C(=O)N(Cc3cccnc3)C2c2cc(OC)c(OC)c(OC)c2)cc1C(C)(C)C. The number of aliphatic hydroxyl groups is 1. The number of methoxy groups -OCH3 is 3. The Hall–Kier alpha value is -4.53.